The minimum Gasteiger partial charge on any atom is -0.399 e. The van der Waals surface area contributed by atoms with Crippen LogP contribution in [0.4, 0.5) is 18.9 Å². The summed E-state index contributed by atoms with van der Waals surface area (Å²) < 4.78 is 61.4. The number of benzene rings is 2. The quantitative estimate of drug-likeness (QED) is 0.0726. The van der Waals surface area contributed by atoms with Crippen LogP contribution in [0.2, 0.25) is 0 Å². The zero-order valence-corrected chi connectivity index (χ0v) is 42.1. The smallest absolute Gasteiger partial charge is 0.399 e. The van der Waals surface area contributed by atoms with Crippen molar-refractivity contribution in [2.24, 2.45) is 11.3 Å². The van der Waals surface area contributed by atoms with Crippen molar-refractivity contribution in [3.63, 3.8) is 0 Å². The normalized spacial score (nSPS) is 19.3. The van der Waals surface area contributed by atoms with Crippen molar-refractivity contribution in [2.75, 3.05) is 12.3 Å². The Morgan fingerprint density at radius 1 is 1.09 bits per heavy atom. The summed E-state index contributed by atoms with van der Waals surface area (Å²) in [5, 5.41) is 6.07. The molecule has 1 aliphatic heterocycles. The highest BCUT2D eigenvalue weighted by molar-refractivity contribution is 7.91. The fourth-order valence-corrected chi connectivity index (χ4v) is 9.40. The number of anilines is 1. The molecule has 17 heteroatoms. The van der Waals surface area contributed by atoms with Gasteiger partial charge in [0.1, 0.15) is 10.5 Å². The van der Waals surface area contributed by atoms with E-state index in [1.807, 2.05) is 37.8 Å². The molecule has 0 spiro atoms. The number of hydrogen-bond donors (Lipinski definition) is 4. The molecule has 2 aromatic carbocycles. The molecule has 364 valence electrons. The summed E-state index contributed by atoms with van der Waals surface area (Å²) in [4.78, 5) is 56.7. The number of halogens is 3. The van der Waals surface area contributed by atoms with Crippen molar-refractivity contribution in [3.05, 3.63) is 92.6 Å². The van der Waals surface area contributed by atoms with Crippen LogP contribution in [0.15, 0.2) is 59.2 Å². The van der Waals surface area contributed by atoms with Gasteiger partial charge in [0.2, 0.25) is 22.3 Å². The summed E-state index contributed by atoms with van der Waals surface area (Å²) in [6.45, 7) is 28.5. The lowest BCUT2D eigenvalue weighted by molar-refractivity contribution is -0.137. The molecule has 12 nitrogen and oxygen atoms in total. The zero-order valence-electron chi connectivity index (χ0n) is 40.5. The standard InChI is InChI=1S/C17H18N2OS.C11H16N2O4S.C11H21NO.C8H8F3N.C2H6/c1-9(2)14-8-21-17(19-14)13-7-15(20)12-6-5-10(3)11(4)16(12)18-13;1-3-8-6-11(8,12-7-14)9(15)13-18(16,17)10(2)4-5-10;1-9-6-5-7-12(9)10(13)8-11(2,3)4;1-5-2-6(8(9,10)11)4-7(12)3-5;1-2/h5-9H,1-4H3,(H,18,20);3,7-8H,1,4-6H2,2H3,(H,12,14)(H,13,15);9H,5-8H2,1-4H3;2-4H,12H2,1H3;1-2H3. The second kappa shape index (κ2) is 22.2. The van der Waals surface area contributed by atoms with Crippen molar-refractivity contribution in [1.82, 2.24) is 24.9 Å². The number of carbonyl (C=O) groups is 3. The van der Waals surface area contributed by atoms with Crippen LogP contribution in [0, 0.1) is 32.1 Å². The molecule has 1 saturated heterocycles. The van der Waals surface area contributed by atoms with E-state index in [4.69, 9.17) is 5.73 Å². The number of fused-ring (bicyclic) bond motifs is 1. The van der Waals surface area contributed by atoms with Gasteiger partial charge in [0.05, 0.1) is 27.2 Å². The summed E-state index contributed by atoms with van der Waals surface area (Å²) in [7, 11) is -3.67. The highest BCUT2D eigenvalue weighted by Crippen LogP contribution is 2.46. The molecule has 3 unspecified atom stereocenters. The third kappa shape index (κ3) is 14.2. The Morgan fingerprint density at radius 3 is 2.20 bits per heavy atom. The highest BCUT2D eigenvalue weighted by Gasteiger charge is 2.61. The summed E-state index contributed by atoms with van der Waals surface area (Å²) in [5.74, 6) is -0.166. The van der Waals surface area contributed by atoms with E-state index in [9.17, 15) is 40.8 Å². The lowest BCUT2D eigenvalue weighted by Gasteiger charge is -2.26. The van der Waals surface area contributed by atoms with Gasteiger partial charge in [0.15, 0.2) is 5.43 Å². The second-order valence-electron chi connectivity index (χ2n) is 18.8. The Bertz CT molecular complexity index is 2500. The van der Waals surface area contributed by atoms with Crippen LogP contribution in [0.3, 0.4) is 0 Å². The number of nitrogens with two attached hydrogens (primary N) is 1. The maximum absolute atomic E-state index is 12.3. The Labute approximate surface area is 392 Å². The van der Waals surface area contributed by atoms with Crippen molar-refractivity contribution in [2.45, 2.75) is 150 Å². The number of alkyl halides is 3. The molecule has 3 aliphatic rings. The predicted molar refractivity (Wildman–Crippen MR) is 261 cm³/mol. The number of nitrogens with zero attached hydrogens (tertiary/aromatic N) is 2. The maximum Gasteiger partial charge on any atom is 0.416 e. The monoisotopic (exact) mass is 958 g/mol. The number of nitrogen functional groups attached to an aromatic ring is 1. The fraction of sp³-hybridized carbons (Fsp3) is 0.531. The van der Waals surface area contributed by atoms with E-state index in [2.05, 4.69) is 80.4 Å². The molecule has 2 aromatic heterocycles. The molecule has 7 rings (SSSR count). The van der Waals surface area contributed by atoms with Crippen LogP contribution in [0.5, 0.6) is 0 Å². The van der Waals surface area contributed by atoms with Gasteiger partial charge in [-0.25, -0.2) is 13.4 Å². The third-order valence-corrected chi connectivity index (χ3v) is 14.8. The third-order valence-electron chi connectivity index (χ3n) is 11.7. The SMILES string of the molecule is C=CC1CC1(NC=O)C(=O)NS(=O)(=O)C1(C)CC1.CC.CC1CCCN1C(=O)CC(C)(C)C.Cc1cc(N)cc(C(F)(F)F)c1.Cc1ccc2c(=O)cc(-c3nc(C(C)C)cs3)[nH]c2c1C. The zero-order chi connectivity index (χ0) is 50.2. The van der Waals surface area contributed by atoms with E-state index < -0.39 is 38.0 Å². The van der Waals surface area contributed by atoms with Gasteiger partial charge in [0, 0.05) is 47.4 Å². The summed E-state index contributed by atoms with van der Waals surface area (Å²) in [6.07, 6.45) is 2.16. The molecule has 66 heavy (non-hydrogen) atoms. The first-order chi connectivity index (χ1) is 30.6. The molecular formula is C49H69F3N6O6S2. The Balaban J connectivity index is 0.000000236. The van der Waals surface area contributed by atoms with Crippen LogP contribution in [-0.4, -0.2) is 64.4 Å². The Morgan fingerprint density at radius 2 is 1.73 bits per heavy atom. The van der Waals surface area contributed by atoms with Gasteiger partial charge in [-0.1, -0.05) is 60.6 Å². The van der Waals surface area contributed by atoms with E-state index in [1.165, 1.54) is 24.5 Å². The Hall–Kier alpha value is -5.03. The van der Waals surface area contributed by atoms with E-state index in [1.54, 1.807) is 37.3 Å². The van der Waals surface area contributed by atoms with Crippen molar-refractivity contribution >= 4 is 56.2 Å². The van der Waals surface area contributed by atoms with Crippen molar-refractivity contribution < 1.29 is 36.0 Å². The number of aromatic amines is 1. The maximum atomic E-state index is 12.3. The van der Waals surface area contributed by atoms with Crippen molar-refractivity contribution in [3.8, 4) is 10.7 Å². The van der Waals surface area contributed by atoms with Crippen LogP contribution >= 0.6 is 11.3 Å². The van der Waals surface area contributed by atoms with E-state index in [0.29, 0.717) is 55.5 Å². The Kier molecular flexibility index (Phi) is 18.6. The molecular weight excluding hydrogens is 890 g/mol. The average Bonchev–Trinajstić information content (AvgIpc) is 4.01. The first kappa shape index (κ1) is 55.3. The minimum atomic E-state index is -4.31. The number of aromatic nitrogens is 2. The number of pyridine rings is 1. The van der Waals surface area contributed by atoms with Crippen LogP contribution < -0.4 is 21.2 Å². The largest absolute Gasteiger partial charge is 0.416 e. The van der Waals surface area contributed by atoms with E-state index >= 15 is 0 Å². The van der Waals surface area contributed by atoms with Gasteiger partial charge in [-0.3, -0.25) is 23.9 Å². The van der Waals surface area contributed by atoms with Crippen LogP contribution in [-0.2, 0) is 30.6 Å². The van der Waals surface area contributed by atoms with Crippen LogP contribution in [0.1, 0.15) is 135 Å². The lowest BCUT2D eigenvalue weighted by atomic mass is 9.91. The number of thiazole rings is 1. The van der Waals surface area contributed by atoms with Gasteiger partial charge in [0.25, 0.3) is 5.91 Å². The molecule has 3 atom stereocenters. The molecule has 4 aromatic rings. The molecule has 2 aliphatic carbocycles. The van der Waals surface area contributed by atoms with Gasteiger partial charge in [-0.15, -0.1) is 17.9 Å². The molecule has 3 heterocycles. The molecule has 5 N–H and O–H groups in total. The summed E-state index contributed by atoms with van der Waals surface area (Å²) in [6, 6.07) is 9.49. The molecule has 2 saturated carbocycles. The van der Waals surface area contributed by atoms with Gasteiger partial charge >= 0.3 is 6.18 Å². The minimum absolute atomic E-state index is 0.0446. The molecule has 3 amide bonds. The van der Waals surface area contributed by atoms with Gasteiger partial charge in [-0.05, 0) is 119 Å². The molecule has 3 fully saturated rings. The van der Waals surface area contributed by atoms with Crippen molar-refractivity contribution in [1.29, 1.82) is 0 Å². The topological polar surface area (TPSA) is 184 Å². The number of rotatable bonds is 9. The first-order valence-electron chi connectivity index (χ1n) is 22.3. The van der Waals surface area contributed by atoms with Gasteiger partial charge in [-0.2, -0.15) is 13.2 Å². The number of likely N-dealkylation sites (tertiary alicyclic amines) is 1. The number of nitrogens with one attached hydrogen (secondary N) is 3. The first-order valence-corrected chi connectivity index (χ1v) is 24.7. The number of sulfonamides is 1. The number of carbonyl (C=O) groups excluding carboxylic acids is 3. The molecule has 0 bridgehead atoms. The second-order valence-corrected chi connectivity index (χ2v) is 21.9. The van der Waals surface area contributed by atoms with E-state index in [0.717, 1.165) is 51.5 Å². The van der Waals surface area contributed by atoms with Gasteiger partial charge < -0.3 is 20.9 Å². The summed E-state index contributed by atoms with van der Waals surface area (Å²) in [5.41, 5.74) is 9.33. The number of amides is 3. The predicted octanol–water partition coefficient (Wildman–Crippen LogP) is 10.1. The fourth-order valence-electron chi connectivity index (χ4n) is 7.14. The van der Waals surface area contributed by atoms with E-state index in [-0.39, 0.29) is 22.4 Å². The highest BCUT2D eigenvalue weighted by atomic mass is 32.2. The van der Waals surface area contributed by atoms with Crippen LogP contribution in [0.25, 0.3) is 21.6 Å². The molecule has 0 radical (unpaired) electrons. The lowest BCUT2D eigenvalue weighted by Crippen LogP contribution is -2.51. The number of hydrogen-bond acceptors (Lipinski definition) is 9. The number of H-pyrrole nitrogens is 1. The average molecular weight is 959 g/mol. The summed E-state index contributed by atoms with van der Waals surface area (Å²) >= 11 is 1.58. The number of aryl methyl sites for hydroxylation is 3.